The van der Waals surface area contributed by atoms with Crippen LogP contribution in [0.1, 0.15) is 12.8 Å². The van der Waals surface area contributed by atoms with Gasteiger partial charge in [-0.25, -0.2) is 0 Å². The van der Waals surface area contributed by atoms with Crippen molar-refractivity contribution in [3.05, 3.63) is 10.8 Å². The molecule has 4 aromatic rings. The summed E-state index contributed by atoms with van der Waals surface area (Å²) in [6, 6.07) is 0. The lowest BCUT2D eigenvalue weighted by molar-refractivity contribution is 0.0264. The lowest BCUT2D eigenvalue weighted by Crippen LogP contribution is -2.44. The normalized spacial score (nSPS) is 23.7. The average molecular weight is 655 g/mol. The molecular weight excluding hydrogens is 639 g/mol. The first kappa shape index (κ1) is 21.3. The van der Waals surface area contributed by atoms with E-state index in [9.17, 15) is 0 Å². The molecule has 35 heavy (non-hydrogen) atoms. The predicted octanol–water partition coefficient (Wildman–Crippen LogP) is 7.00. The first-order chi connectivity index (χ1) is 17.3. The Labute approximate surface area is 228 Å². The highest BCUT2D eigenvalue weighted by Crippen LogP contribution is 2.59. The average Bonchev–Trinajstić information content (AvgIpc) is 3.67. The van der Waals surface area contributed by atoms with Crippen molar-refractivity contribution in [2.75, 3.05) is 19.8 Å². The van der Waals surface area contributed by atoms with Gasteiger partial charge < -0.3 is 18.9 Å². The Bertz CT molecular complexity index is 1590. The molecule has 0 amide bonds. The largest absolute Gasteiger partial charge is 0.485 e. The number of hydrogen-bond donors (Lipinski definition) is 0. The number of hydrogen-bond acceptors (Lipinski definition) is 11. The third kappa shape index (κ3) is 3.11. The molecule has 3 atom stereocenters. The van der Waals surface area contributed by atoms with Crippen LogP contribution < -0.4 is 18.9 Å². The summed E-state index contributed by atoms with van der Waals surface area (Å²) in [5.41, 5.74) is 5.01. The van der Waals surface area contributed by atoms with E-state index in [1.54, 1.807) is 22.7 Å². The maximum atomic E-state index is 6.62. The summed E-state index contributed by atoms with van der Waals surface area (Å²) < 4.78 is 44.1. The second-order valence-corrected chi connectivity index (χ2v) is 13.0. The van der Waals surface area contributed by atoms with Crippen LogP contribution in [0.4, 0.5) is 11.4 Å². The number of alkyl halides is 1. The van der Waals surface area contributed by atoms with Gasteiger partial charge in [-0.2, -0.15) is 17.5 Å². The van der Waals surface area contributed by atoms with E-state index < -0.39 is 0 Å². The van der Waals surface area contributed by atoms with Crippen molar-refractivity contribution in [2.45, 2.75) is 22.9 Å². The number of aromatic nitrogens is 2. The molecular formula is C22H15IN4O4S4. The van der Waals surface area contributed by atoms with Crippen molar-refractivity contribution in [1.29, 1.82) is 0 Å². The van der Waals surface area contributed by atoms with Gasteiger partial charge in [0.25, 0.3) is 0 Å². The molecule has 0 saturated heterocycles. The standard InChI is InChI=1S/C22H15IN4O4S4/c23-9-2-1-8(9)10-5-30-12-7-33-22(20(12)31-10)14-17-15(24-34-26-17)13(16-18(14)27-35-25-16)21-19-11(6-32-21)28-3-4-29-19/h6-10H,1-5H2. The summed E-state index contributed by atoms with van der Waals surface area (Å²) in [6.07, 6.45) is 2.49. The minimum Gasteiger partial charge on any atom is -0.485 e. The zero-order valence-electron chi connectivity index (χ0n) is 17.9. The third-order valence-electron chi connectivity index (χ3n) is 6.78. The van der Waals surface area contributed by atoms with E-state index in [4.69, 9.17) is 36.4 Å². The highest BCUT2D eigenvalue weighted by atomic mass is 127. The van der Waals surface area contributed by atoms with Gasteiger partial charge in [0.15, 0.2) is 23.0 Å². The molecule has 1 fully saturated rings. The van der Waals surface area contributed by atoms with Gasteiger partial charge in [-0.05, 0) is 12.8 Å². The summed E-state index contributed by atoms with van der Waals surface area (Å²) >= 11 is 8.10. The Morgan fingerprint density at radius 1 is 0.829 bits per heavy atom. The minimum atomic E-state index is 0.0636. The Morgan fingerprint density at radius 2 is 1.51 bits per heavy atom. The maximum absolute atomic E-state index is 6.62. The number of halogens is 1. The predicted molar refractivity (Wildman–Crippen MR) is 147 cm³/mol. The number of rotatable bonds is 3. The number of fused-ring (bicyclic) bond motifs is 4. The molecule has 3 aliphatic heterocycles. The number of ether oxygens (including phenoxy) is 4. The van der Waals surface area contributed by atoms with E-state index in [1.807, 2.05) is 10.8 Å². The molecule has 13 heteroatoms. The highest BCUT2D eigenvalue weighted by molar-refractivity contribution is 14.1. The molecule has 6 heterocycles. The van der Waals surface area contributed by atoms with Gasteiger partial charge in [-0.1, -0.05) is 22.6 Å². The monoisotopic (exact) mass is 654 g/mol. The molecule has 0 bridgehead atoms. The fourth-order valence-corrected chi connectivity index (χ4v) is 9.16. The molecule has 3 aromatic heterocycles. The van der Waals surface area contributed by atoms with Gasteiger partial charge in [0, 0.05) is 20.6 Å². The summed E-state index contributed by atoms with van der Waals surface area (Å²) in [6.45, 7) is 1.67. The van der Waals surface area contributed by atoms with Gasteiger partial charge >= 0.3 is 0 Å². The number of thiophene rings is 2. The molecule has 3 unspecified atom stereocenters. The highest BCUT2D eigenvalue weighted by Gasteiger charge is 2.41. The molecule has 0 spiro atoms. The van der Waals surface area contributed by atoms with Crippen LogP contribution in [-0.2, 0) is 11.4 Å². The fourth-order valence-electron chi connectivity index (χ4n) is 4.91. The van der Waals surface area contributed by atoms with E-state index in [1.165, 1.54) is 35.9 Å². The van der Waals surface area contributed by atoms with Gasteiger partial charge in [-0.15, -0.1) is 22.7 Å². The van der Waals surface area contributed by atoms with Gasteiger partial charge in [0.05, 0.1) is 44.0 Å². The Kier molecular flexibility index (Phi) is 4.93. The van der Waals surface area contributed by atoms with E-state index in [0.717, 1.165) is 66.3 Å². The Morgan fingerprint density at radius 3 is 2.20 bits per heavy atom. The fraction of sp³-hybridized carbons (Fsp3) is 0.364. The van der Waals surface area contributed by atoms with Crippen molar-refractivity contribution < 1.29 is 18.9 Å². The van der Waals surface area contributed by atoms with Crippen LogP contribution in [-0.4, -0.2) is 38.6 Å². The zero-order chi connectivity index (χ0) is 23.1. The maximum Gasteiger partial charge on any atom is 0.180 e. The van der Waals surface area contributed by atoms with Crippen LogP contribution in [0.2, 0.25) is 0 Å². The molecule has 0 radical (unpaired) electrons. The lowest BCUT2D eigenvalue weighted by atomic mass is 9.81. The van der Waals surface area contributed by atoms with Crippen LogP contribution in [0.5, 0.6) is 23.0 Å². The SMILES string of the molecule is IC1CCC1C1COc2csc(-c3c4c(c(-c5scc6c5OCCO6)c5nsnc35)N=S=N4)c2O1. The first-order valence-corrected chi connectivity index (χ1v) is 15.6. The number of benzene rings is 1. The molecule has 1 aliphatic carbocycles. The van der Waals surface area contributed by atoms with E-state index >= 15 is 0 Å². The topological polar surface area (TPSA) is 87.4 Å². The second-order valence-electron chi connectivity index (χ2n) is 8.61. The smallest absolute Gasteiger partial charge is 0.180 e. The summed E-state index contributed by atoms with van der Waals surface area (Å²) in [5.74, 6) is 3.62. The molecule has 8 nitrogen and oxygen atoms in total. The first-order valence-electron chi connectivity index (χ1n) is 11.1. The van der Waals surface area contributed by atoms with Gasteiger partial charge in [-0.3, -0.25) is 0 Å². The van der Waals surface area contributed by atoms with Crippen LogP contribution in [0, 0.1) is 5.92 Å². The van der Waals surface area contributed by atoms with Crippen molar-refractivity contribution in [3.8, 4) is 43.9 Å². The van der Waals surface area contributed by atoms with Crippen molar-refractivity contribution in [1.82, 2.24) is 8.75 Å². The van der Waals surface area contributed by atoms with E-state index in [0.29, 0.717) is 29.7 Å². The molecule has 4 aliphatic rings. The number of nitrogens with zero attached hydrogens (tertiary/aromatic N) is 4. The Balaban J connectivity index is 1.32. The van der Waals surface area contributed by atoms with E-state index in [2.05, 4.69) is 22.6 Å². The molecule has 8 rings (SSSR count). The molecule has 1 aromatic carbocycles. The van der Waals surface area contributed by atoms with Crippen molar-refractivity contribution in [2.24, 2.45) is 14.6 Å². The summed E-state index contributed by atoms with van der Waals surface area (Å²) in [5, 5.41) is 4.01. The Hall–Kier alpha value is -1.81. The van der Waals surface area contributed by atoms with Crippen LogP contribution in [0.25, 0.3) is 31.9 Å². The summed E-state index contributed by atoms with van der Waals surface area (Å²) in [7, 11) is 0. The zero-order valence-corrected chi connectivity index (χ0v) is 23.3. The van der Waals surface area contributed by atoms with Gasteiger partial charge in [0.1, 0.15) is 48.3 Å². The van der Waals surface area contributed by atoms with Crippen LogP contribution in [0.3, 0.4) is 0 Å². The quantitative estimate of drug-likeness (QED) is 0.154. The molecule has 0 N–H and O–H groups in total. The molecule has 1 saturated carbocycles. The van der Waals surface area contributed by atoms with Crippen LogP contribution >= 0.6 is 57.0 Å². The lowest BCUT2D eigenvalue weighted by Gasteiger charge is -2.40. The van der Waals surface area contributed by atoms with Gasteiger partial charge in [0.2, 0.25) is 0 Å². The van der Waals surface area contributed by atoms with E-state index in [-0.39, 0.29) is 6.10 Å². The van der Waals surface area contributed by atoms with Crippen LogP contribution in [0.15, 0.2) is 19.5 Å². The summed E-state index contributed by atoms with van der Waals surface area (Å²) in [4.78, 5) is 1.93. The minimum absolute atomic E-state index is 0.0636. The second kappa shape index (κ2) is 8.10. The molecule has 178 valence electrons. The van der Waals surface area contributed by atoms with Crippen molar-refractivity contribution >= 4 is 90.8 Å². The third-order valence-corrected chi connectivity index (χ3v) is 11.3. The van der Waals surface area contributed by atoms with Crippen molar-refractivity contribution in [3.63, 3.8) is 0 Å².